The summed E-state index contributed by atoms with van der Waals surface area (Å²) < 4.78 is 7.29. The Kier molecular flexibility index (Phi) is 5.08. The summed E-state index contributed by atoms with van der Waals surface area (Å²) in [5, 5.41) is 13.4. The van der Waals surface area contributed by atoms with Crippen molar-refractivity contribution in [3.8, 4) is 5.75 Å². The number of ether oxygens (including phenoxy) is 1. The molecule has 114 valence electrons. The van der Waals surface area contributed by atoms with Gasteiger partial charge in [0.15, 0.2) is 18.9 Å². The largest absolute Gasteiger partial charge is 0.545 e. The standard InChI is InChI=1S/C16H16N2O4/c1-12(19)17-14-4-6-15(7-5-14)22-10-9-18-8-2-3-13(11-18)16(20)21/h2-8,11H,9-10H2,1H3,(H-,17,19,20,21). The molecule has 0 saturated heterocycles. The lowest BCUT2D eigenvalue weighted by molar-refractivity contribution is -0.697. The van der Waals surface area contributed by atoms with Crippen LogP contribution >= 0.6 is 0 Å². The fourth-order valence-electron chi connectivity index (χ4n) is 1.89. The average molecular weight is 300 g/mol. The smallest absolute Gasteiger partial charge is 0.221 e. The Morgan fingerprint density at radius 3 is 2.59 bits per heavy atom. The molecule has 6 heteroatoms. The van der Waals surface area contributed by atoms with Crippen molar-refractivity contribution in [3.63, 3.8) is 0 Å². The molecular formula is C16H16N2O4. The van der Waals surface area contributed by atoms with Crippen LogP contribution in [-0.4, -0.2) is 18.5 Å². The van der Waals surface area contributed by atoms with E-state index in [-0.39, 0.29) is 11.5 Å². The second-order valence-corrected chi connectivity index (χ2v) is 4.67. The third kappa shape index (κ3) is 4.59. The van der Waals surface area contributed by atoms with Gasteiger partial charge < -0.3 is 20.0 Å². The lowest BCUT2D eigenvalue weighted by Crippen LogP contribution is -2.38. The Balaban J connectivity index is 1.87. The number of hydrogen-bond acceptors (Lipinski definition) is 4. The molecule has 1 N–H and O–H groups in total. The predicted molar refractivity (Wildman–Crippen MR) is 77.2 cm³/mol. The molecule has 0 saturated carbocycles. The molecule has 0 aliphatic heterocycles. The third-order valence-corrected chi connectivity index (χ3v) is 2.89. The highest BCUT2D eigenvalue weighted by Gasteiger charge is 2.04. The molecule has 0 radical (unpaired) electrons. The van der Waals surface area contributed by atoms with Gasteiger partial charge in [-0.2, -0.15) is 0 Å². The van der Waals surface area contributed by atoms with Crippen molar-refractivity contribution >= 4 is 17.6 Å². The van der Waals surface area contributed by atoms with E-state index in [1.54, 1.807) is 41.1 Å². The molecule has 0 aliphatic carbocycles. The summed E-state index contributed by atoms with van der Waals surface area (Å²) in [6.45, 7) is 2.34. The molecule has 2 aromatic rings. The van der Waals surface area contributed by atoms with Crippen molar-refractivity contribution in [2.45, 2.75) is 13.5 Å². The molecule has 0 aliphatic rings. The molecule has 1 aromatic carbocycles. The van der Waals surface area contributed by atoms with Crippen molar-refractivity contribution in [3.05, 3.63) is 54.4 Å². The van der Waals surface area contributed by atoms with Crippen molar-refractivity contribution in [1.29, 1.82) is 0 Å². The van der Waals surface area contributed by atoms with Gasteiger partial charge in [0.05, 0.1) is 11.5 Å². The van der Waals surface area contributed by atoms with Gasteiger partial charge in [0.25, 0.3) is 0 Å². The van der Waals surface area contributed by atoms with Crippen LogP contribution in [0.5, 0.6) is 5.75 Å². The highest BCUT2D eigenvalue weighted by Crippen LogP contribution is 2.15. The summed E-state index contributed by atoms with van der Waals surface area (Å²) in [7, 11) is 0. The van der Waals surface area contributed by atoms with Crippen LogP contribution in [0.25, 0.3) is 0 Å². The van der Waals surface area contributed by atoms with Crippen molar-refractivity contribution in [1.82, 2.24) is 0 Å². The molecule has 1 aromatic heterocycles. The monoisotopic (exact) mass is 300 g/mol. The van der Waals surface area contributed by atoms with Gasteiger partial charge in [-0.05, 0) is 30.3 Å². The van der Waals surface area contributed by atoms with Crippen LogP contribution in [0.4, 0.5) is 5.69 Å². The Labute approximate surface area is 128 Å². The van der Waals surface area contributed by atoms with E-state index in [1.807, 2.05) is 0 Å². The number of aromatic carboxylic acids is 1. The molecule has 6 nitrogen and oxygen atoms in total. The number of carboxylic acids is 1. The SMILES string of the molecule is CC(=O)Nc1ccc(OCC[n+]2cccc(C(=O)[O-])c2)cc1. The lowest BCUT2D eigenvalue weighted by atomic mass is 10.3. The number of benzene rings is 1. The Morgan fingerprint density at radius 2 is 1.95 bits per heavy atom. The molecule has 0 unspecified atom stereocenters. The molecule has 2 rings (SSSR count). The van der Waals surface area contributed by atoms with Gasteiger partial charge in [0.2, 0.25) is 5.91 Å². The highest BCUT2D eigenvalue weighted by molar-refractivity contribution is 5.88. The number of nitrogens with one attached hydrogen (secondary N) is 1. The molecule has 0 bridgehead atoms. The molecule has 22 heavy (non-hydrogen) atoms. The first-order valence-electron chi connectivity index (χ1n) is 6.75. The van der Waals surface area contributed by atoms with Crippen molar-refractivity contribution in [2.24, 2.45) is 0 Å². The zero-order valence-corrected chi connectivity index (χ0v) is 12.1. The van der Waals surface area contributed by atoms with Gasteiger partial charge in [0.1, 0.15) is 12.4 Å². The number of carbonyl (C=O) groups is 2. The van der Waals surface area contributed by atoms with Gasteiger partial charge in [-0.1, -0.05) is 0 Å². The summed E-state index contributed by atoms with van der Waals surface area (Å²) in [6, 6.07) is 10.1. The van der Waals surface area contributed by atoms with E-state index < -0.39 is 5.97 Å². The lowest BCUT2D eigenvalue weighted by Gasteiger charge is -2.06. The van der Waals surface area contributed by atoms with Crippen LogP contribution in [0, 0.1) is 0 Å². The van der Waals surface area contributed by atoms with Crippen LogP contribution in [-0.2, 0) is 11.3 Å². The van der Waals surface area contributed by atoms with Crippen LogP contribution < -0.4 is 19.7 Å². The Hall–Kier alpha value is -2.89. The zero-order chi connectivity index (χ0) is 15.9. The predicted octanol–water partition coefficient (Wildman–Crippen LogP) is 0.375. The maximum absolute atomic E-state index is 10.9. The van der Waals surface area contributed by atoms with E-state index in [1.165, 1.54) is 19.2 Å². The maximum Gasteiger partial charge on any atom is 0.221 e. The third-order valence-electron chi connectivity index (χ3n) is 2.89. The second-order valence-electron chi connectivity index (χ2n) is 4.67. The average Bonchev–Trinajstić information content (AvgIpc) is 2.49. The summed E-state index contributed by atoms with van der Waals surface area (Å²) in [5.41, 5.74) is 0.832. The zero-order valence-electron chi connectivity index (χ0n) is 12.1. The second kappa shape index (κ2) is 7.21. The number of amides is 1. The normalized spacial score (nSPS) is 10.0. The first-order valence-corrected chi connectivity index (χ1v) is 6.75. The number of nitrogens with zero attached hydrogens (tertiary/aromatic N) is 1. The fourth-order valence-corrected chi connectivity index (χ4v) is 1.89. The van der Waals surface area contributed by atoms with E-state index in [4.69, 9.17) is 4.74 Å². The molecule has 1 heterocycles. The van der Waals surface area contributed by atoms with Gasteiger partial charge in [-0.25, -0.2) is 4.57 Å². The number of carbonyl (C=O) groups excluding carboxylic acids is 2. The van der Waals surface area contributed by atoms with Crippen molar-refractivity contribution < 1.29 is 24.0 Å². The maximum atomic E-state index is 10.9. The van der Waals surface area contributed by atoms with E-state index >= 15 is 0 Å². The minimum Gasteiger partial charge on any atom is -0.545 e. The number of hydrogen-bond donors (Lipinski definition) is 1. The number of pyridine rings is 1. The van der Waals surface area contributed by atoms with Gasteiger partial charge in [0, 0.05) is 18.7 Å². The van der Waals surface area contributed by atoms with Crippen molar-refractivity contribution in [2.75, 3.05) is 11.9 Å². The molecular weight excluding hydrogens is 284 g/mol. The van der Waals surface area contributed by atoms with Crippen LogP contribution in [0.1, 0.15) is 17.3 Å². The topological polar surface area (TPSA) is 82.3 Å². The summed E-state index contributed by atoms with van der Waals surface area (Å²) in [4.78, 5) is 21.7. The minimum atomic E-state index is -1.20. The highest BCUT2D eigenvalue weighted by atomic mass is 16.5. The van der Waals surface area contributed by atoms with Gasteiger partial charge in [-0.3, -0.25) is 4.79 Å². The number of rotatable bonds is 6. The fraction of sp³-hybridized carbons (Fsp3) is 0.188. The quantitative estimate of drug-likeness (QED) is 0.782. The van der Waals surface area contributed by atoms with Crippen LogP contribution in [0.15, 0.2) is 48.8 Å². The first-order chi connectivity index (χ1) is 10.5. The van der Waals surface area contributed by atoms with Gasteiger partial charge in [-0.15, -0.1) is 0 Å². The Bertz CT molecular complexity index is 668. The van der Waals surface area contributed by atoms with E-state index in [2.05, 4.69) is 5.32 Å². The molecule has 0 spiro atoms. The summed E-state index contributed by atoms with van der Waals surface area (Å²) >= 11 is 0. The molecule has 0 fully saturated rings. The summed E-state index contributed by atoms with van der Waals surface area (Å²) in [6.07, 6.45) is 3.26. The molecule has 1 amide bonds. The number of aromatic nitrogens is 1. The van der Waals surface area contributed by atoms with Gasteiger partial charge >= 0.3 is 0 Å². The summed E-state index contributed by atoms with van der Waals surface area (Å²) in [5.74, 6) is -0.660. The number of carboxylic acid groups (broad SMARTS) is 1. The molecule has 0 atom stereocenters. The van der Waals surface area contributed by atoms with E-state index in [0.717, 1.165) is 0 Å². The first kappa shape index (κ1) is 15.5. The van der Waals surface area contributed by atoms with E-state index in [0.29, 0.717) is 24.6 Å². The van der Waals surface area contributed by atoms with E-state index in [9.17, 15) is 14.7 Å². The Morgan fingerprint density at radius 1 is 1.23 bits per heavy atom. The number of anilines is 1. The van der Waals surface area contributed by atoms with Crippen LogP contribution in [0.3, 0.4) is 0 Å². The van der Waals surface area contributed by atoms with Crippen LogP contribution in [0.2, 0.25) is 0 Å². The minimum absolute atomic E-state index is 0.127.